The molecule has 2 aromatic carbocycles. The molecule has 0 radical (unpaired) electrons. The van der Waals surface area contributed by atoms with Gasteiger partial charge in [-0.05, 0) is 42.0 Å². The van der Waals surface area contributed by atoms with Crippen molar-refractivity contribution in [2.24, 2.45) is 0 Å². The number of carbonyl (C=O) groups is 1. The van der Waals surface area contributed by atoms with Gasteiger partial charge in [-0.1, -0.05) is 29.8 Å². The maximum atomic E-state index is 11.8. The third-order valence-electron chi connectivity index (χ3n) is 2.53. The summed E-state index contributed by atoms with van der Waals surface area (Å²) < 4.78 is 5.02. The number of amides is 1. The average molecular weight is 400 g/mol. The van der Waals surface area contributed by atoms with E-state index in [0.29, 0.717) is 10.7 Å². The van der Waals surface area contributed by atoms with Gasteiger partial charge < -0.3 is 8.38 Å². The Labute approximate surface area is 136 Å². The average Bonchev–Trinajstić information content (AvgIpc) is 2.47. The van der Waals surface area contributed by atoms with E-state index in [1.54, 1.807) is 59.4 Å². The smallest absolute Gasteiger partial charge is 0.248 e. The molecule has 0 saturated carbocycles. The molecular formula is C15H11ClINO2. The quantitative estimate of drug-likeness (QED) is 0.597. The molecule has 5 heteroatoms. The van der Waals surface area contributed by atoms with E-state index in [1.165, 1.54) is 6.08 Å². The number of anilines is 1. The molecule has 0 bridgehead atoms. The summed E-state index contributed by atoms with van der Waals surface area (Å²) in [5, 5.41) is 3.37. The van der Waals surface area contributed by atoms with Crippen LogP contribution < -0.4 is 8.38 Å². The molecule has 2 rings (SSSR count). The minimum atomic E-state index is -0.215. The Morgan fingerprint density at radius 2 is 1.85 bits per heavy atom. The summed E-state index contributed by atoms with van der Waals surface area (Å²) in [6.45, 7) is 0. The second-order valence-corrected chi connectivity index (χ2v) is 4.79. The van der Waals surface area contributed by atoms with Crippen LogP contribution >= 0.6 is 34.6 Å². The Morgan fingerprint density at radius 3 is 2.50 bits per heavy atom. The van der Waals surface area contributed by atoms with Gasteiger partial charge in [0, 0.05) is 16.8 Å². The highest BCUT2D eigenvalue weighted by molar-refractivity contribution is 14.1. The van der Waals surface area contributed by atoms with Crippen molar-refractivity contribution in [2.75, 3.05) is 5.32 Å². The molecule has 0 heterocycles. The Bertz CT molecular complexity index is 626. The lowest BCUT2D eigenvalue weighted by Crippen LogP contribution is -2.07. The number of hydrogen-bond acceptors (Lipinski definition) is 2. The number of benzene rings is 2. The van der Waals surface area contributed by atoms with Crippen molar-refractivity contribution in [1.82, 2.24) is 0 Å². The first kappa shape index (κ1) is 14.9. The summed E-state index contributed by atoms with van der Waals surface area (Å²) >= 11 is 7.81. The fourth-order valence-electron chi connectivity index (χ4n) is 1.55. The monoisotopic (exact) mass is 399 g/mol. The van der Waals surface area contributed by atoms with Crippen molar-refractivity contribution in [3.05, 3.63) is 65.2 Å². The summed E-state index contributed by atoms with van der Waals surface area (Å²) in [7, 11) is 0. The fraction of sp³-hybridized carbons (Fsp3) is 0. The van der Waals surface area contributed by atoms with Gasteiger partial charge in [0.1, 0.15) is 5.75 Å². The van der Waals surface area contributed by atoms with E-state index < -0.39 is 0 Å². The summed E-state index contributed by atoms with van der Waals surface area (Å²) in [5.41, 5.74) is 1.51. The van der Waals surface area contributed by atoms with E-state index in [2.05, 4.69) is 5.32 Å². The zero-order chi connectivity index (χ0) is 14.4. The highest BCUT2D eigenvalue weighted by atomic mass is 127. The van der Waals surface area contributed by atoms with Gasteiger partial charge in [0.05, 0.1) is 0 Å². The standard InChI is InChI=1S/C15H11ClINO2/c16-14-4-2-1-3-11(14)5-10-15(19)18-12-6-8-13(20-17)9-7-12/h1-10H,(H,18,19)/b10-5+. The number of nitrogens with one attached hydrogen (secondary N) is 1. The van der Waals surface area contributed by atoms with E-state index >= 15 is 0 Å². The number of hydrogen-bond donors (Lipinski definition) is 1. The van der Waals surface area contributed by atoms with E-state index in [-0.39, 0.29) is 5.91 Å². The number of rotatable bonds is 4. The molecule has 3 nitrogen and oxygen atoms in total. The lowest BCUT2D eigenvalue weighted by atomic mass is 10.2. The first-order chi connectivity index (χ1) is 9.69. The van der Waals surface area contributed by atoms with Gasteiger partial charge in [0.25, 0.3) is 0 Å². The first-order valence-electron chi connectivity index (χ1n) is 5.81. The third kappa shape index (κ3) is 4.25. The van der Waals surface area contributed by atoms with Crippen molar-refractivity contribution in [3.63, 3.8) is 0 Å². The van der Waals surface area contributed by atoms with Crippen LogP contribution in [0, 0.1) is 0 Å². The Balaban J connectivity index is 2.00. The summed E-state index contributed by atoms with van der Waals surface area (Å²) in [6.07, 6.45) is 3.13. The third-order valence-corrected chi connectivity index (χ3v) is 3.38. The SMILES string of the molecule is O=C(/C=C/c1ccccc1Cl)Nc1ccc(OI)cc1. The van der Waals surface area contributed by atoms with Gasteiger partial charge in [-0.25, -0.2) is 0 Å². The molecule has 0 aliphatic rings. The van der Waals surface area contributed by atoms with E-state index in [0.717, 1.165) is 11.3 Å². The Morgan fingerprint density at radius 1 is 1.15 bits per heavy atom. The van der Waals surface area contributed by atoms with Gasteiger partial charge in [-0.2, -0.15) is 0 Å². The second-order valence-electron chi connectivity index (χ2n) is 3.95. The van der Waals surface area contributed by atoms with Crippen LogP contribution in [0.15, 0.2) is 54.6 Å². The van der Waals surface area contributed by atoms with Crippen LogP contribution in [0.2, 0.25) is 5.02 Å². The zero-order valence-corrected chi connectivity index (χ0v) is 13.3. The molecule has 0 saturated heterocycles. The predicted octanol–water partition coefficient (Wildman–Crippen LogP) is 4.72. The van der Waals surface area contributed by atoms with Crippen LogP contribution in [-0.2, 0) is 4.79 Å². The van der Waals surface area contributed by atoms with Crippen molar-refractivity contribution in [1.29, 1.82) is 0 Å². The van der Waals surface area contributed by atoms with Crippen molar-refractivity contribution in [2.45, 2.75) is 0 Å². The van der Waals surface area contributed by atoms with E-state index in [1.807, 2.05) is 18.2 Å². The molecule has 0 atom stereocenters. The van der Waals surface area contributed by atoms with Gasteiger partial charge in [0.2, 0.25) is 5.91 Å². The summed E-state index contributed by atoms with van der Waals surface area (Å²) in [6, 6.07) is 14.4. The minimum absolute atomic E-state index is 0.215. The fourth-order valence-corrected chi connectivity index (χ4v) is 2.04. The molecule has 102 valence electrons. The number of carbonyl (C=O) groups excluding carboxylic acids is 1. The molecular weight excluding hydrogens is 389 g/mol. The topological polar surface area (TPSA) is 38.3 Å². The normalized spacial score (nSPS) is 10.5. The van der Waals surface area contributed by atoms with Crippen LogP contribution in [0.3, 0.4) is 0 Å². The van der Waals surface area contributed by atoms with Crippen LogP contribution in [0.4, 0.5) is 5.69 Å². The Kier molecular flexibility index (Phi) is 5.43. The minimum Gasteiger partial charge on any atom is -0.428 e. The largest absolute Gasteiger partial charge is 0.428 e. The molecule has 1 N–H and O–H groups in total. The molecule has 1 amide bonds. The van der Waals surface area contributed by atoms with Gasteiger partial charge >= 0.3 is 0 Å². The van der Waals surface area contributed by atoms with Gasteiger partial charge in [-0.3, -0.25) is 4.79 Å². The highest BCUT2D eigenvalue weighted by Crippen LogP contribution is 2.18. The van der Waals surface area contributed by atoms with Crippen LogP contribution in [0.5, 0.6) is 5.75 Å². The highest BCUT2D eigenvalue weighted by Gasteiger charge is 1.99. The maximum Gasteiger partial charge on any atom is 0.248 e. The Hall–Kier alpha value is -1.53. The van der Waals surface area contributed by atoms with Crippen LogP contribution in [-0.4, -0.2) is 5.91 Å². The molecule has 0 unspecified atom stereocenters. The maximum absolute atomic E-state index is 11.8. The molecule has 0 aromatic heterocycles. The predicted molar refractivity (Wildman–Crippen MR) is 90.2 cm³/mol. The van der Waals surface area contributed by atoms with Crippen LogP contribution in [0.1, 0.15) is 5.56 Å². The van der Waals surface area contributed by atoms with Gasteiger partial charge in [-0.15, -0.1) is 0 Å². The molecule has 20 heavy (non-hydrogen) atoms. The molecule has 2 aromatic rings. The lowest BCUT2D eigenvalue weighted by molar-refractivity contribution is -0.111. The molecule has 0 spiro atoms. The van der Waals surface area contributed by atoms with Crippen molar-refractivity contribution in [3.8, 4) is 5.75 Å². The molecule has 0 fully saturated rings. The summed E-state index contributed by atoms with van der Waals surface area (Å²) in [4.78, 5) is 11.8. The van der Waals surface area contributed by atoms with E-state index in [9.17, 15) is 4.79 Å². The van der Waals surface area contributed by atoms with E-state index in [4.69, 9.17) is 14.7 Å². The summed E-state index contributed by atoms with van der Waals surface area (Å²) in [5.74, 6) is 0.517. The van der Waals surface area contributed by atoms with Crippen molar-refractivity contribution < 1.29 is 7.86 Å². The van der Waals surface area contributed by atoms with Crippen LogP contribution in [0.25, 0.3) is 6.08 Å². The number of halogens is 2. The second kappa shape index (κ2) is 7.31. The molecule has 0 aliphatic carbocycles. The molecule has 0 aliphatic heterocycles. The van der Waals surface area contributed by atoms with Crippen molar-refractivity contribution >= 4 is 52.3 Å². The lowest BCUT2D eigenvalue weighted by Gasteiger charge is -2.03. The van der Waals surface area contributed by atoms with Gasteiger partial charge in [0.15, 0.2) is 23.0 Å². The zero-order valence-electron chi connectivity index (χ0n) is 10.3. The first-order valence-corrected chi connectivity index (χ1v) is 7.07.